The lowest BCUT2D eigenvalue weighted by molar-refractivity contribution is 0.0544. The van der Waals surface area contributed by atoms with Gasteiger partial charge in [0.05, 0.1) is 5.52 Å². The van der Waals surface area contributed by atoms with Crippen molar-refractivity contribution in [1.82, 2.24) is 4.57 Å². The van der Waals surface area contributed by atoms with Crippen LogP contribution in [0.15, 0.2) is 24.4 Å². The number of hydrogen-bond donors (Lipinski definition) is 0. The van der Waals surface area contributed by atoms with Gasteiger partial charge in [-0.1, -0.05) is 11.6 Å². The average Bonchev–Trinajstić information content (AvgIpc) is 2.58. The molecule has 1 aromatic heterocycles. The highest BCUT2D eigenvalue weighted by Crippen LogP contribution is 2.25. The van der Waals surface area contributed by atoms with Crippen molar-refractivity contribution < 1.29 is 9.53 Å². The van der Waals surface area contributed by atoms with Gasteiger partial charge in [-0.25, -0.2) is 4.79 Å². The summed E-state index contributed by atoms with van der Waals surface area (Å²) in [4.78, 5) is 12.1. The molecule has 18 heavy (non-hydrogen) atoms. The Hall–Kier alpha value is -1.48. The number of ether oxygens (including phenoxy) is 1. The minimum absolute atomic E-state index is 0.372. The lowest BCUT2D eigenvalue weighted by atomic mass is 10.2. The van der Waals surface area contributed by atoms with Crippen molar-refractivity contribution in [2.75, 3.05) is 0 Å². The maximum Gasteiger partial charge on any atom is 0.418 e. The molecule has 0 saturated carbocycles. The predicted octanol–water partition coefficient (Wildman–Crippen LogP) is 4.39. The summed E-state index contributed by atoms with van der Waals surface area (Å²) in [5.41, 5.74) is 1.29. The van der Waals surface area contributed by atoms with E-state index in [0.29, 0.717) is 5.02 Å². The number of rotatable bonds is 0. The summed E-state index contributed by atoms with van der Waals surface area (Å²) in [5, 5.41) is 1.60. The molecule has 0 spiro atoms. The quantitative estimate of drug-likeness (QED) is 0.707. The minimum Gasteiger partial charge on any atom is -0.443 e. The molecule has 3 nitrogen and oxygen atoms in total. The predicted molar refractivity (Wildman–Crippen MR) is 73.3 cm³/mol. The molecule has 0 amide bonds. The van der Waals surface area contributed by atoms with E-state index in [-0.39, 0.29) is 6.09 Å². The minimum atomic E-state index is -0.506. The van der Waals surface area contributed by atoms with Crippen LogP contribution < -0.4 is 0 Å². The van der Waals surface area contributed by atoms with Crippen molar-refractivity contribution in [3.63, 3.8) is 0 Å². The van der Waals surface area contributed by atoms with Crippen LogP contribution in [0.1, 0.15) is 26.3 Å². The zero-order chi connectivity index (χ0) is 13.5. The number of benzene rings is 1. The average molecular weight is 266 g/mol. The van der Waals surface area contributed by atoms with E-state index in [1.165, 1.54) is 4.57 Å². The number of carbonyl (C=O) groups is 1. The Kier molecular flexibility index (Phi) is 3.11. The van der Waals surface area contributed by atoms with E-state index in [9.17, 15) is 4.79 Å². The molecule has 2 rings (SSSR count). The standard InChI is InChI=1S/C14H16ClNO2/c1-9-7-11(15)8-10-5-6-16(12(9)10)13(17)18-14(2,3)4/h5-8H,1-4H3. The van der Waals surface area contributed by atoms with E-state index in [4.69, 9.17) is 16.3 Å². The Morgan fingerprint density at radius 2 is 2.00 bits per heavy atom. The van der Waals surface area contributed by atoms with Crippen molar-refractivity contribution in [2.45, 2.75) is 33.3 Å². The molecule has 0 radical (unpaired) electrons. The molecule has 0 aliphatic heterocycles. The molecule has 0 N–H and O–H groups in total. The fourth-order valence-corrected chi connectivity index (χ4v) is 2.19. The van der Waals surface area contributed by atoms with Gasteiger partial charge in [0.2, 0.25) is 0 Å². The van der Waals surface area contributed by atoms with Crippen LogP contribution in [0.2, 0.25) is 5.02 Å². The lowest BCUT2D eigenvalue weighted by Gasteiger charge is -2.20. The van der Waals surface area contributed by atoms with Gasteiger partial charge in [-0.3, -0.25) is 4.57 Å². The van der Waals surface area contributed by atoms with Crippen LogP contribution in [-0.4, -0.2) is 16.3 Å². The maximum atomic E-state index is 12.1. The first-order valence-corrected chi connectivity index (χ1v) is 6.16. The fraction of sp³-hybridized carbons (Fsp3) is 0.357. The second kappa shape index (κ2) is 4.32. The summed E-state index contributed by atoms with van der Waals surface area (Å²) in [5.74, 6) is 0. The zero-order valence-corrected chi connectivity index (χ0v) is 11.7. The molecule has 0 aliphatic rings. The van der Waals surface area contributed by atoms with Gasteiger partial charge in [-0.05, 0) is 51.5 Å². The Morgan fingerprint density at radius 3 is 2.61 bits per heavy atom. The van der Waals surface area contributed by atoms with Crippen LogP contribution in [0.4, 0.5) is 4.79 Å². The number of fused-ring (bicyclic) bond motifs is 1. The highest BCUT2D eigenvalue weighted by molar-refractivity contribution is 6.31. The third-order valence-corrected chi connectivity index (χ3v) is 2.75. The highest BCUT2D eigenvalue weighted by Gasteiger charge is 2.19. The summed E-state index contributed by atoms with van der Waals surface area (Å²) in [6.07, 6.45) is 1.34. The number of hydrogen-bond acceptors (Lipinski definition) is 2. The number of nitrogens with zero attached hydrogens (tertiary/aromatic N) is 1. The monoisotopic (exact) mass is 265 g/mol. The summed E-state index contributed by atoms with van der Waals surface area (Å²) < 4.78 is 6.89. The van der Waals surface area contributed by atoms with Gasteiger partial charge in [0.15, 0.2) is 0 Å². The lowest BCUT2D eigenvalue weighted by Crippen LogP contribution is -2.26. The van der Waals surface area contributed by atoms with Crippen molar-refractivity contribution in [3.05, 3.63) is 35.0 Å². The Balaban J connectivity index is 2.50. The molecule has 0 aliphatic carbocycles. The molecule has 0 atom stereocenters. The second-order valence-corrected chi connectivity index (χ2v) is 5.76. The Bertz CT molecular complexity index is 608. The van der Waals surface area contributed by atoms with Gasteiger partial charge in [0, 0.05) is 16.6 Å². The molecule has 1 heterocycles. The first kappa shape index (κ1) is 13.0. The molecule has 0 fully saturated rings. The van der Waals surface area contributed by atoms with Crippen molar-refractivity contribution in [2.24, 2.45) is 0 Å². The van der Waals surface area contributed by atoms with E-state index in [0.717, 1.165) is 16.5 Å². The normalized spacial score (nSPS) is 11.8. The van der Waals surface area contributed by atoms with Gasteiger partial charge in [0.25, 0.3) is 0 Å². The van der Waals surface area contributed by atoms with Crippen LogP contribution in [-0.2, 0) is 4.74 Å². The van der Waals surface area contributed by atoms with Crippen LogP contribution in [0.25, 0.3) is 10.9 Å². The first-order chi connectivity index (χ1) is 8.28. The van der Waals surface area contributed by atoms with Crippen LogP contribution >= 0.6 is 11.6 Å². The summed E-state index contributed by atoms with van der Waals surface area (Å²) >= 11 is 5.99. The van der Waals surface area contributed by atoms with E-state index in [2.05, 4.69) is 0 Å². The van der Waals surface area contributed by atoms with Crippen molar-refractivity contribution >= 4 is 28.6 Å². The molecule has 2 aromatic rings. The second-order valence-electron chi connectivity index (χ2n) is 5.33. The number of aryl methyl sites for hydroxylation is 1. The van der Waals surface area contributed by atoms with Crippen LogP contribution in [0.3, 0.4) is 0 Å². The molecule has 0 saturated heterocycles. The molecule has 1 aromatic carbocycles. The van der Waals surface area contributed by atoms with E-state index >= 15 is 0 Å². The topological polar surface area (TPSA) is 31.2 Å². The Morgan fingerprint density at radius 1 is 1.33 bits per heavy atom. The smallest absolute Gasteiger partial charge is 0.418 e. The SMILES string of the molecule is Cc1cc(Cl)cc2ccn(C(=O)OC(C)(C)C)c12. The van der Waals surface area contributed by atoms with Gasteiger partial charge in [-0.2, -0.15) is 0 Å². The van der Waals surface area contributed by atoms with E-state index < -0.39 is 5.60 Å². The van der Waals surface area contributed by atoms with Crippen molar-refractivity contribution in [1.29, 1.82) is 0 Å². The third kappa shape index (κ3) is 2.51. The van der Waals surface area contributed by atoms with Gasteiger partial charge >= 0.3 is 6.09 Å². The maximum absolute atomic E-state index is 12.1. The Labute approximate surface area is 111 Å². The van der Waals surface area contributed by atoms with Crippen LogP contribution in [0, 0.1) is 6.92 Å². The molecule has 0 bridgehead atoms. The van der Waals surface area contributed by atoms with E-state index in [1.54, 1.807) is 6.20 Å². The zero-order valence-electron chi connectivity index (χ0n) is 11.0. The first-order valence-electron chi connectivity index (χ1n) is 5.78. The van der Waals surface area contributed by atoms with Gasteiger partial charge < -0.3 is 4.74 Å². The highest BCUT2D eigenvalue weighted by atomic mass is 35.5. The largest absolute Gasteiger partial charge is 0.443 e. The number of carbonyl (C=O) groups excluding carboxylic acids is 1. The molecular weight excluding hydrogens is 250 g/mol. The molecule has 0 unspecified atom stereocenters. The molecule has 96 valence electrons. The van der Waals surface area contributed by atoms with E-state index in [1.807, 2.05) is 45.9 Å². The summed E-state index contributed by atoms with van der Waals surface area (Å²) in [7, 11) is 0. The molecular formula is C14H16ClNO2. The number of aromatic nitrogens is 1. The third-order valence-electron chi connectivity index (χ3n) is 2.53. The summed E-state index contributed by atoms with van der Waals surface area (Å²) in [6.45, 7) is 7.47. The van der Waals surface area contributed by atoms with Gasteiger partial charge in [-0.15, -0.1) is 0 Å². The van der Waals surface area contributed by atoms with Crippen LogP contribution in [0.5, 0.6) is 0 Å². The number of halogens is 1. The van der Waals surface area contributed by atoms with Gasteiger partial charge in [0.1, 0.15) is 5.60 Å². The summed E-state index contributed by atoms with van der Waals surface area (Å²) in [6, 6.07) is 5.54. The van der Waals surface area contributed by atoms with Crippen molar-refractivity contribution in [3.8, 4) is 0 Å². The fourth-order valence-electron chi connectivity index (χ4n) is 1.91. The molecule has 4 heteroatoms.